The monoisotopic (exact) mass is 294 g/mol. The molecule has 0 radical (unpaired) electrons. The van der Waals surface area contributed by atoms with E-state index >= 15 is 0 Å². The van der Waals surface area contributed by atoms with Gasteiger partial charge >= 0.3 is 0 Å². The highest BCUT2D eigenvalue weighted by atomic mass is 127. The van der Waals surface area contributed by atoms with Gasteiger partial charge in [-0.05, 0) is 52.9 Å². The van der Waals surface area contributed by atoms with Gasteiger partial charge in [0.2, 0.25) is 0 Å². The molecule has 1 aromatic rings. The highest BCUT2D eigenvalue weighted by Gasteiger charge is 1.90. The molecule has 64 valence electrons. The minimum Gasteiger partial charge on any atom is -0.490 e. The van der Waals surface area contributed by atoms with E-state index in [1.165, 1.54) is 9.11 Å². The van der Waals surface area contributed by atoms with Crippen LogP contribution in [0.15, 0.2) is 35.9 Å². The van der Waals surface area contributed by atoms with Crippen LogP contribution in [0.4, 0.5) is 0 Å². The number of benzene rings is 1. The van der Waals surface area contributed by atoms with Gasteiger partial charge in [0.1, 0.15) is 12.4 Å². The van der Waals surface area contributed by atoms with Crippen molar-refractivity contribution in [3.8, 4) is 5.75 Å². The average Bonchev–Trinajstić information content (AvgIpc) is 2.09. The first-order valence-corrected chi connectivity index (χ1v) is 4.98. The predicted molar refractivity (Wildman–Crippen MR) is 59.6 cm³/mol. The van der Waals surface area contributed by atoms with Gasteiger partial charge in [-0.2, -0.15) is 0 Å². The fraction of sp³-hybridized carbons (Fsp3) is 0.111. The molecule has 0 aliphatic carbocycles. The summed E-state index contributed by atoms with van der Waals surface area (Å²) in [7, 11) is 0. The van der Waals surface area contributed by atoms with E-state index in [9.17, 15) is 0 Å². The molecule has 0 aliphatic heterocycles. The molecule has 0 N–H and O–H groups in total. The molecule has 1 nitrogen and oxygen atoms in total. The Morgan fingerprint density at radius 2 is 2.00 bits per heavy atom. The second-order valence-corrected chi connectivity index (χ2v) is 3.62. The fourth-order valence-corrected chi connectivity index (χ4v) is 1.14. The first-order chi connectivity index (χ1) is 5.83. The Labute approximate surface area is 90.5 Å². The Balaban J connectivity index is 2.47. The van der Waals surface area contributed by atoms with E-state index in [4.69, 9.17) is 16.3 Å². The summed E-state index contributed by atoms with van der Waals surface area (Å²) < 4.78 is 6.53. The highest BCUT2D eigenvalue weighted by Crippen LogP contribution is 2.13. The summed E-state index contributed by atoms with van der Waals surface area (Å²) in [6.07, 6.45) is 1.75. The maximum absolute atomic E-state index is 5.33. The largest absolute Gasteiger partial charge is 0.490 e. The highest BCUT2D eigenvalue weighted by molar-refractivity contribution is 14.1. The molecule has 0 aliphatic rings. The third kappa shape index (κ3) is 3.45. The van der Waals surface area contributed by atoms with Crippen LogP contribution in [0.2, 0.25) is 0 Å². The van der Waals surface area contributed by atoms with Gasteiger partial charge in [-0.15, -0.1) is 0 Å². The Bertz CT molecular complexity index is 256. The molecule has 3 heteroatoms. The lowest BCUT2D eigenvalue weighted by Crippen LogP contribution is -1.92. The maximum atomic E-state index is 5.33. The second kappa shape index (κ2) is 5.43. The van der Waals surface area contributed by atoms with E-state index < -0.39 is 0 Å². The van der Waals surface area contributed by atoms with Crippen molar-refractivity contribution in [2.24, 2.45) is 0 Å². The number of ether oxygens (including phenoxy) is 1. The third-order valence-corrected chi connectivity index (χ3v) is 2.15. The topological polar surface area (TPSA) is 9.23 Å². The molecule has 0 saturated carbocycles. The zero-order valence-corrected chi connectivity index (χ0v) is 9.25. The zero-order valence-electron chi connectivity index (χ0n) is 6.34. The lowest BCUT2D eigenvalue weighted by Gasteiger charge is -2.01. The van der Waals surface area contributed by atoms with Crippen LogP contribution >= 0.6 is 34.2 Å². The Hall–Kier alpha value is -0.220. The molecule has 0 fully saturated rings. The van der Waals surface area contributed by atoms with Gasteiger partial charge in [0, 0.05) is 9.11 Å². The van der Waals surface area contributed by atoms with Crippen LogP contribution in [0.1, 0.15) is 0 Å². The molecule has 0 atom stereocenters. The summed E-state index contributed by atoms with van der Waals surface area (Å²) >= 11 is 7.58. The minimum atomic E-state index is 0.518. The van der Waals surface area contributed by atoms with Crippen molar-refractivity contribution in [2.45, 2.75) is 0 Å². The number of rotatable bonds is 3. The molecule has 0 spiro atoms. The molecule has 0 heterocycles. The Morgan fingerprint density at radius 1 is 1.33 bits per heavy atom. The second-order valence-electron chi connectivity index (χ2n) is 2.13. The first-order valence-electron chi connectivity index (χ1n) is 3.46. The van der Waals surface area contributed by atoms with E-state index in [2.05, 4.69) is 22.6 Å². The van der Waals surface area contributed by atoms with Crippen LogP contribution in [0.3, 0.4) is 0 Å². The molecule has 1 aromatic carbocycles. The smallest absolute Gasteiger partial charge is 0.119 e. The van der Waals surface area contributed by atoms with Gasteiger partial charge in [0.25, 0.3) is 0 Å². The standard InChI is InChI=1S/C9H8ClIO/c10-6-1-7-12-9-4-2-8(11)3-5-9/h1-6H,7H2. The van der Waals surface area contributed by atoms with Gasteiger partial charge in [-0.3, -0.25) is 0 Å². The minimum absolute atomic E-state index is 0.518. The third-order valence-electron chi connectivity index (χ3n) is 1.25. The molecule has 1 rings (SSSR count). The predicted octanol–water partition coefficient (Wildman–Crippen LogP) is 3.42. The van der Waals surface area contributed by atoms with Crippen molar-refractivity contribution in [3.05, 3.63) is 39.4 Å². The summed E-state index contributed by atoms with van der Waals surface area (Å²) in [5.74, 6) is 0.866. The fourth-order valence-electron chi connectivity index (χ4n) is 0.712. The van der Waals surface area contributed by atoms with E-state index in [1.54, 1.807) is 6.08 Å². The van der Waals surface area contributed by atoms with Crippen LogP contribution in [-0.2, 0) is 0 Å². The summed E-state index contributed by atoms with van der Waals surface area (Å²) in [4.78, 5) is 0. The van der Waals surface area contributed by atoms with Crippen LogP contribution in [0.5, 0.6) is 5.75 Å². The summed E-state index contributed by atoms with van der Waals surface area (Å²) in [6, 6.07) is 7.87. The normalized spacial score (nSPS) is 10.5. The molecule has 0 aromatic heterocycles. The first kappa shape index (κ1) is 9.86. The molecule has 12 heavy (non-hydrogen) atoms. The lowest BCUT2D eigenvalue weighted by atomic mass is 10.3. The number of hydrogen-bond acceptors (Lipinski definition) is 1. The van der Waals surface area contributed by atoms with Crippen molar-refractivity contribution < 1.29 is 4.74 Å². The molecule has 0 amide bonds. The van der Waals surface area contributed by atoms with E-state index in [1.807, 2.05) is 24.3 Å². The Kier molecular flexibility index (Phi) is 4.46. The molecule has 0 bridgehead atoms. The molecular weight excluding hydrogens is 286 g/mol. The lowest BCUT2D eigenvalue weighted by molar-refractivity contribution is 0.363. The van der Waals surface area contributed by atoms with Gasteiger partial charge in [0.15, 0.2) is 0 Å². The Morgan fingerprint density at radius 3 is 2.58 bits per heavy atom. The van der Waals surface area contributed by atoms with Gasteiger partial charge < -0.3 is 4.74 Å². The average molecular weight is 295 g/mol. The van der Waals surface area contributed by atoms with Crippen molar-refractivity contribution in [3.63, 3.8) is 0 Å². The quantitative estimate of drug-likeness (QED) is 0.776. The molecule has 0 saturated heterocycles. The van der Waals surface area contributed by atoms with Crippen LogP contribution in [0.25, 0.3) is 0 Å². The van der Waals surface area contributed by atoms with Crippen LogP contribution < -0.4 is 4.74 Å². The van der Waals surface area contributed by atoms with E-state index in [0.717, 1.165) is 5.75 Å². The summed E-state index contributed by atoms with van der Waals surface area (Å²) in [5.41, 5.74) is 1.45. The summed E-state index contributed by atoms with van der Waals surface area (Å²) in [5, 5.41) is 0. The number of halogens is 2. The van der Waals surface area contributed by atoms with Crippen molar-refractivity contribution in [1.82, 2.24) is 0 Å². The number of hydrogen-bond donors (Lipinski definition) is 0. The molecular formula is C9H8ClIO. The van der Waals surface area contributed by atoms with Gasteiger partial charge in [-0.1, -0.05) is 11.6 Å². The van der Waals surface area contributed by atoms with Crippen molar-refractivity contribution >= 4 is 34.2 Å². The van der Waals surface area contributed by atoms with E-state index in [-0.39, 0.29) is 0 Å². The maximum Gasteiger partial charge on any atom is 0.119 e. The van der Waals surface area contributed by atoms with Crippen LogP contribution in [0, 0.1) is 3.57 Å². The van der Waals surface area contributed by atoms with Crippen molar-refractivity contribution in [2.75, 3.05) is 6.61 Å². The molecule has 0 unspecified atom stereocenters. The van der Waals surface area contributed by atoms with Crippen LogP contribution in [-0.4, -0.2) is 6.61 Å². The van der Waals surface area contributed by atoms with Gasteiger partial charge in [-0.25, -0.2) is 0 Å². The van der Waals surface area contributed by atoms with Crippen molar-refractivity contribution in [1.29, 1.82) is 0 Å². The van der Waals surface area contributed by atoms with E-state index in [0.29, 0.717) is 6.61 Å². The zero-order chi connectivity index (χ0) is 8.81. The SMILES string of the molecule is ClC=CCOc1ccc(I)cc1. The van der Waals surface area contributed by atoms with Gasteiger partial charge in [0.05, 0.1) is 0 Å². The summed E-state index contributed by atoms with van der Waals surface area (Å²) in [6.45, 7) is 0.518.